The number of nitrogens with zero attached hydrogens (tertiary/aromatic N) is 1. The van der Waals surface area contributed by atoms with E-state index in [1.165, 1.54) is 11.3 Å². The lowest BCUT2D eigenvalue weighted by Crippen LogP contribution is -2.33. The Kier molecular flexibility index (Phi) is 4.75. The van der Waals surface area contributed by atoms with E-state index >= 15 is 0 Å². The number of nitrogens with one attached hydrogen (secondary N) is 1. The molecule has 0 spiro atoms. The van der Waals surface area contributed by atoms with Crippen molar-refractivity contribution in [1.29, 1.82) is 0 Å². The van der Waals surface area contributed by atoms with E-state index in [0.29, 0.717) is 6.42 Å². The number of carboxylic acid groups (broad SMARTS) is 1. The molecular weight excluding hydrogens is 276 g/mol. The van der Waals surface area contributed by atoms with E-state index in [1.54, 1.807) is 6.20 Å². The van der Waals surface area contributed by atoms with Gasteiger partial charge in [-0.3, -0.25) is 9.59 Å². The van der Waals surface area contributed by atoms with Crippen LogP contribution in [0.1, 0.15) is 56.5 Å². The Morgan fingerprint density at radius 2 is 2.15 bits per heavy atom. The molecule has 1 heterocycles. The van der Waals surface area contributed by atoms with Crippen molar-refractivity contribution in [2.75, 3.05) is 0 Å². The van der Waals surface area contributed by atoms with Crippen molar-refractivity contribution in [2.45, 2.75) is 51.5 Å². The number of rotatable bonds is 6. The molecule has 1 unspecified atom stereocenters. The number of thiazole rings is 1. The number of hydrogen-bond donors (Lipinski definition) is 2. The molecule has 20 heavy (non-hydrogen) atoms. The molecule has 1 aromatic rings. The Balaban J connectivity index is 1.93. The second-order valence-corrected chi connectivity index (χ2v) is 6.54. The molecular formula is C14H20N2O3S. The zero-order valence-corrected chi connectivity index (χ0v) is 12.4. The van der Waals surface area contributed by atoms with Crippen LogP contribution >= 0.6 is 11.3 Å². The van der Waals surface area contributed by atoms with E-state index in [9.17, 15) is 9.59 Å². The highest BCUT2D eigenvalue weighted by molar-refractivity contribution is 7.09. The van der Waals surface area contributed by atoms with Gasteiger partial charge < -0.3 is 10.4 Å². The third kappa shape index (κ3) is 3.79. The predicted octanol–water partition coefficient (Wildman–Crippen LogP) is 2.75. The van der Waals surface area contributed by atoms with Crippen LogP contribution in [-0.2, 0) is 9.59 Å². The van der Waals surface area contributed by atoms with Gasteiger partial charge in [-0.2, -0.15) is 0 Å². The standard InChI is InChI=1S/C14H20N2O3S/c1-10(13-15-6-7-20-13)16-11(17)8-14(9-12(18)19)4-2-3-5-14/h6-7,10H,2-5,8-9H2,1H3,(H,16,17)(H,18,19). The zero-order valence-electron chi connectivity index (χ0n) is 11.6. The lowest BCUT2D eigenvalue weighted by Gasteiger charge is -2.27. The topological polar surface area (TPSA) is 79.3 Å². The van der Waals surface area contributed by atoms with Crippen LogP contribution in [0.4, 0.5) is 0 Å². The number of carbonyl (C=O) groups excluding carboxylic acids is 1. The molecule has 1 saturated carbocycles. The summed E-state index contributed by atoms with van der Waals surface area (Å²) in [5, 5.41) is 14.7. The number of carbonyl (C=O) groups is 2. The Morgan fingerprint density at radius 1 is 1.45 bits per heavy atom. The molecule has 1 aliphatic carbocycles. The Hall–Kier alpha value is -1.43. The van der Waals surface area contributed by atoms with Gasteiger partial charge in [-0.25, -0.2) is 4.98 Å². The van der Waals surface area contributed by atoms with E-state index in [-0.39, 0.29) is 23.8 Å². The summed E-state index contributed by atoms with van der Waals surface area (Å²) in [6.07, 6.45) is 5.80. The van der Waals surface area contributed by atoms with Gasteiger partial charge in [0.05, 0.1) is 12.5 Å². The minimum atomic E-state index is -0.812. The van der Waals surface area contributed by atoms with Gasteiger partial charge in [-0.05, 0) is 25.2 Å². The van der Waals surface area contributed by atoms with E-state index in [1.807, 2.05) is 12.3 Å². The van der Waals surface area contributed by atoms with Crippen LogP contribution in [0.25, 0.3) is 0 Å². The van der Waals surface area contributed by atoms with Crippen LogP contribution in [0.2, 0.25) is 0 Å². The molecule has 2 rings (SSSR count). The molecule has 0 bridgehead atoms. The van der Waals surface area contributed by atoms with Crippen molar-refractivity contribution < 1.29 is 14.7 Å². The fourth-order valence-corrected chi connectivity index (χ4v) is 3.65. The maximum Gasteiger partial charge on any atom is 0.303 e. The first-order chi connectivity index (χ1) is 9.51. The summed E-state index contributed by atoms with van der Waals surface area (Å²) in [4.78, 5) is 27.4. The second-order valence-electron chi connectivity index (χ2n) is 5.61. The van der Waals surface area contributed by atoms with Gasteiger partial charge in [0.25, 0.3) is 0 Å². The third-order valence-corrected chi connectivity index (χ3v) is 4.88. The van der Waals surface area contributed by atoms with Gasteiger partial charge in [0.1, 0.15) is 5.01 Å². The molecule has 0 aliphatic heterocycles. The fraction of sp³-hybridized carbons (Fsp3) is 0.643. The van der Waals surface area contributed by atoms with Gasteiger partial charge in [-0.15, -0.1) is 11.3 Å². The smallest absolute Gasteiger partial charge is 0.303 e. The molecule has 0 saturated heterocycles. The maximum atomic E-state index is 12.2. The lowest BCUT2D eigenvalue weighted by molar-refractivity contribution is -0.140. The number of aliphatic carboxylic acids is 1. The molecule has 2 N–H and O–H groups in total. The van der Waals surface area contributed by atoms with Crippen molar-refractivity contribution >= 4 is 23.2 Å². The van der Waals surface area contributed by atoms with Crippen LogP contribution < -0.4 is 5.32 Å². The normalized spacial score (nSPS) is 18.6. The first-order valence-corrected chi connectivity index (χ1v) is 7.79. The summed E-state index contributed by atoms with van der Waals surface area (Å²) < 4.78 is 0. The van der Waals surface area contributed by atoms with Crippen LogP contribution in [0.5, 0.6) is 0 Å². The largest absolute Gasteiger partial charge is 0.481 e. The summed E-state index contributed by atoms with van der Waals surface area (Å²) in [7, 11) is 0. The van der Waals surface area contributed by atoms with E-state index in [0.717, 1.165) is 30.7 Å². The quantitative estimate of drug-likeness (QED) is 0.846. The van der Waals surface area contributed by atoms with E-state index in [4.69, 9.17) is 5.11 Å². The van der Waals surface area contributed by atoms with Crippen LogP contribution in [0, 0.1) is 5.41 Å². The summed E-state index contributed by atoms with van der Waals surface area (Å²) in [6.45, 7) is 1.90. The zero-order chi connectivity index (χ0) is 14.6. The molecule has 6 heteroatoms. The summed E-state index contributed by atoms with van der Waals surface area (Å²) >= 11 is 1.51. The van der Waals surface area contributed by atoms with Crippen molar-refractivity contribution in [2.24, 2.45) is 5.41 Å². The second kappa shape index (κ2) is 6.35. The third-order valence-electron chi connectivity index (χ3n) is 3.93. The first kappa shape index (κ1) is 15.0. The molecule has 1 aliphatic rings. The van der Waals surface area contributed by atoms with Crippen LogP contribution in [0.3, 0.4) is 0 Å². The molecule has 5 nitrogen and oxygen atoms in total. The predicted molar refractivity (Wildman–Crippen MR) is 76.4 cm³/mol. The lowest BCUT2D eigenvalue weighted by atomic mass is 9.79. The van der Waals surface area contributed by atoms with Crippen LogP contribution in [-0.4, -0.2) is 22.0 Å². The summed E-state index contributed by atoms with van der Waals surface area (Å²) in [6, 6.07) is -0.120. The van der Waals surface area contributed by atoms with Crippen molar-refractivity contribution in [1.82, 2.24) is 10.3 Å². The fourth-order valence-electron chi connectivity index (χ4n) is 3.01. The number of carboxylic acids is 1. The first-order valence-electron chi connectivity index (χ1n) is 6.91. The van der Waals surface area contributed by atoms with E-state index < -0.39 is 5.97 Å². The molecule has 1 fully saturated rings. The maximum absolute atomic E-state index is 12.2. The molecule has 1 amide bonds. The van der Waals surface area contributed by atoms with Gasteiger partial charge in [0, 0.05) is 18.0 Å². The minimum Gasteiger partial charge on any atom is -0.481 e. The monoisotopic (exact) mass is 296 g/mol. The van der Waals surface area contributed by atoms with Gasteiger partial charge in [-0.1, -0.05) is 12.8 Å². The van der Waals surface area contributed by atoms with Crippen molar-refractivity contribution in [3.8, 4) is 0 Å². The van der Waals surface area contributed by atoms with Gasteiger partial charge >= 0.3 is 5.97 Å². The van der Waals surface area contributed by atoms with Crippen molar-refractivity contribution in [3.63, 3.8) is 0 Å². The van der Waals surface area contributed by atoms with Gasteiger partial charge in [0.15, 0.2) is 0 Å². The Labute approximate surface area is 122 Å². The molecule has 1 aromatic heterocycles. The Bertz CT molecular complexity index is 467. The Morgan fingerprint density at radius 3 is 2.70 bits per heavy atom. The highest BCUT2D eigenvalue weighted by atomic mass is 32.1. The highest BCUT2D eigenvalue weighted by Crippen LogP contribution is 2.44. The van der Waals surface area contributed by atoms with E-state index in [2.05, 4.69) is 10.3 Å². The molecule has 0 radical (unpaired) electrons. The average Bonchev–Trinajstić information content (AvgIpc) is 2.98. The molecule has 1 atom stereocenters. The number of aromatic nitrogens is 1. The SMILES string of the molecule is CC(NC(=O)CC1(CC(=O)O)CCCC1)c1nccs1. The summed E-state index contributed by atoms with van der Waals surface area (Å²) in [5.41, 5.74) is -0.349. The molecule has 0 aromatic carbocycles. The number of hydrogen-bond acceptors (Lipinski definition) is 4. The van der Waals surface area contributed by atoms with Crippen LogP contribution in [0.15, 0.2) is 11.6 Å². The molecule has 110 valence electrons. The number of amides is 1. The van der Waals surface area contributed by atoms with Crippen molar-refractivity contribution in [3.05, 3.63) is 16.6 Å². The van der Waals surface area contributed by atoms with Gasteiger partial charge in [0.2, 0.25) is 5.91 Å². The minimum absolute atomic E-state index is 0.0733. The average molecular weight is 296 g/mol. The summed E-state index contributed by atoms with van der Waals surface area (Å²) in [5.74, 6) is -0.886. The highest BCUT2D eigenvalue weighted by Gasteiger charge is 2.38.